The first-order chi connectivity index (χ1) is 11.7. The summed E-state index contributed by atoms with van der Waals surface area (Å²) in [4.78, 5) is 11.9. The van der Waals surface area contributed by atoms with Crippen molar-refractivity contribution in [3.63, 3.8) is 0 Å². The molecule has 0 spiro atoms. The van der Waals surface area contributed by atoms with Gasteiger partial charge in [-0.15, -0.1) is 0 Å². The third kappa shape index (κ3) is 3.75. The molecular formula is C19H19NO4. The van der Waals surface area contributed by atoms with Crippen LogP contribution in [0.25, 0.3) is 10.8 Å². The van der Waals surface area contributed by atoms with E-state index < -0.39 is 0 Å². The van der Waals surface area contributed by atoms with Crippen molar-refractivity contribution >= 4 is 16.7 Å². The zero-order valence-electron chi connectivity index (χ0n) is 13.4. The molecule has 5 nitrogen and oxygen atoms in total. The van der Waals surface area contributed by atoms with Gasteiger partial charge >= 0.3 is 0 Å². The van der Waals surface area contributed by atoms with Crippen molar-refractivity contribution in [1.82, 2.24) is 5.32 Å². The van der Waals surface area contributed by atoms with Gasteiger partial charge in [-0.1, -0.05) is 30.3 Å². The zero-order chi connectivity index (χ0) is 16.9. The van der Waals surface area contributed by atoms with Crippen molar-refractivity contribution in [3.8, 4) is 5.75 Å². The van der Waals surface area contributed by atoms with E-state index in [1.807, 2.05) is 42.5 Å². The predicted molar refractivity (Wildman–Crippen MR) is 91.0 cm³/mol. The van der Waals surface area contributed by atoms with E-state index in [2.05, 4.69) is 5.32 Å². The summed E-state index contributed by atoms with van der Waals surface area (Å²) in [7, 11) is 0. The lowest BCUT2D eigenvalue weighted by atomic mass is 10.1. The van der Waals surface area contributed by atoms with Gasteiger partial charge in [-0.05, 0) is 42.0 Å². The molecular weight excluding hydrogens is 306 g/mol. The van der Waals surface area contributed by atoms with Crippen molar-refractivity contribution in [1.29, 1.82) is 0 Å². The van der Waals surface area contributed by atoms with Gasteiger partial charge < -0.3 is 19.6 Å². The van der Waals surface area contributed by atoms with Crippen LogP contribution >= 0.6 is 0 Å². The van der Waals surface area contributed by atoms with Crippen LogP contribution < -0.4 is 10.1 Å². The average Bonchev–Trinajstić information content (AvgIpc) is 3.09. The van der Waals surface area contributed by atoms with E-state index >= 15 is 0 Å². The van der Waals surface area contributed by atoms with E-state index in [1.165, 1.54) is 0 Å². The summed E-state index contributed by atoms with van der Waals surface area (Å²) >= 11 is 0. The largest absolute Gasteiger partial charge is 0.486 e. The van der Waals surface area contributed by atoms with Gasteiger partial charge in [0.2, 0.25) is 0 Å². The molecule has 3 rings (SSSR count). The number of amides is 1. The van der Waals surface area contributed by atoms with Gasteiger partial charge in [0.05, 0.1) is 6.61 Å². The second-order valence-corrected chi connectivity index (χ2v) is 5.62. The molecule has 3 aromatic rings. The Kier molecular flexibility index (Phi) is 4.82. The molecule has 1 aromatic heterocycles. The van der Waals surface area contributed by atoms with Gasteiger partial charge in [0.1, 0.15) is 18.1 Å². The molecule has 0 radical (unpaired) electrons. The highest BCUT2D eigenvalue weighted by Crippen LogP contribution is 2.21. The monoisotopic (exact) mass is 325 g/mol. The molecule has 5 heteroatoms. The molecule has 0 saturated carbocycles. The van der Waals surface area contributed by atoms with Crippen LogP contribution in [0.4, 0.5) is 0 Å². The number of aliphatic hydroxyl groups excluding tert-OH is 1. The number of nitrogens with one attached hydrogen (secondary N) is 1. The van der Waals surface area contributed by atoms with Crippen LogP contribution in [0.3, 0.4) is 0 Å². The first-order valence-electron chi connectivity index (χ1n) is 7.78. The highest BCUT2D eigenvalue weighted by atomic mass is 16.5. The standard InChI is InChI=1S/C19H19NO4/c1-13(11-21)20-19(22)18-9-8-17(24-18)12-23-16-7-6-14-4-2-3-5-15(14)10-16/h2-10,13,21H,11-12H2,1H3,(H,20,22). The Hall–Kier alpha value is -2.79. The summed E-state index contributed by atoms with van der Waals surface area (Å²) in [5.74, 6) is 1.15. The van der Waals surface area contributed by atoms with Crippen LogP contribution in [0.15, 0.2) is 59.0 Å². The van der Waals surface area contributed by atoms with Crippen molar-refractivity contribution in [2.75, 3.05) is 6.61 Å². The maximum atomic E-state index is 11.9. The molecule has 1 heterocycles. The molecule has 2 aromatic carbocycles. The van der Waals surface area contributed by atoms with Crippen LogP contribution in [0.2, 0.25) is 0 Å². The minimum atomic E-state index is -0.353. The van der Waals surface area contributed by atoms with Gasteiger partial charge in [0.15, 0.2) is 5.76 Å². The summed E-state index contributed by atoms with van der Waals surface area (Å²) < 4.78 is 11.2. The molecule has 0 fully saturated rings. The third-order valence-corrected chi connectivity index (χ3v) is 3.64. The second-order valence-electron chi connectivity index (χ2n) is 5.62. The van der Waals surface area contributed by atoms with E-state index in [0.29, 0.717) is 5.76 Å². The number of hydrogen-bond donors (Lipinski definition) is 2. The molecule has 24 heavy (non-hydrogen) atoms. The fraction of sp³-hybridized carbons (Fsp3) is 0.211. The number of rotatable bonds is 6. The summed E-state index contributed by atoms with van der Waals surface area (Å²) in [5, 5.41) is 13.8. The molecule has 1 amide bonds. The third-order valence-electron chi connectivity index (χ3n) is 3.64. The van der Waals surface area contributed by atoms with E-state index in [0.717, 1.165) is 16.5 Å². The minimum absolute atomic E-state index is 0.121. The number of aliphatic hydroxyl groups is 1. The lowest BCUT2D eigenvalue weighted by Gasteiger charge is -2.08. The number of fused-ring (bicyclic) bond motifs is 1. The fourth-order valence-electron chi connectivity index (χ4n) is 2.33. The number of furan rings is 1. The summed E-state index contributed by atoms with van der Waals surface area (Å²) in [6, 6.07) is 16.9. The topological polar surface area (TPSA) is 71.7 Å². The maximum absolute atomic E-state index is 11.9. The Morgan fingerprint density at radius 1 is 1.17 bits per heavy atom. The summed E-state index contributed by atoms with van der Waals surface area (Å²) in [5.41, 5.74) is 0. The second kappa shape index (κ2) is 7.19. The number of hydrogen-bond acceptors (Lipinski definition) is 4. The van der Waals surface area contributed by atoms with E-state index in [4.69, 9.17) is 14.3 Å². The van der Waals surface area contributed by atoms with E-state index in [9.17, 15) is 4.79 Å². The average molecular weight is 325 g/mol. The molecule has 2 N–H and O–H groups in total. The quantitative estimate of drug-likeness (QED) is 0.730. The number of ether oxygens (including phenoxy) is 1. The van der Waals surface area contributed by atoms with E-state index in [1.54, 1.807) is 19.1 Å². The molecule has 0 aliphatic carbocycles. The molecule has 1 atom stereocenters. The van der Waals surface area contributed by atoms with Gasteiger partial charge in [0, 0.05) is 6.04 Å². The van der Waals surface area contributed by atoms with Gasteiger partial charge in [-0.3, -0.25) is 4.79 Å². The Bertz CT molecular complexity index is 840. The first kappa shape index (κ1) is 16.1. The predicted octanol–water partition coefficient (Wildman–Crippen LogP) is 3.12. The van der Waals surface area contributed by atoms with Crippen molar-refractivity contribution in [3.05, 3.63) is 66.1 Å². The molecule has 0 bridgehead atoms. The number of carbonyl (C=O) groups excluding carboxylic acids is 1. The maximum Gasteiger partial charge on any atom is 0.287 e. The van der Waals surface area contributed by atoms with Gasteiger partial charge in [-0.25, -0.2) is 0 Å². The molecule has 1 unspecified atom stereocenters. The van der Waals surface area contributed by atoms with Gasteiger partial charge in [-0.2, -0.15) is 0 Å². The number of benzene rings is 2. The van der Waals surface area contributed by atoms with Crippen LogP contribution in [0.5, 0.6) is 5.75 Å². The highest BCUT2D eigenvalue weighted by Gasteiger charge is 2.13. The van der Waals surface area contributed by atoms with Crippen molar-refractivity contribution in [2.24, 2.45) is 0 Å². The lowest BCUT2D eigenvalue weighted by molar-refractivity contribution is 0.0890. The van der Waals surface area contributed by atoms with Crippen LogP contribution in [0.1, 0.15) is 23.2 Å². The molecule has 0 aliphatic rings. The smallest absolute Gasteiger partial charge is 0.287 e. The Morgan fingerprint density at radius 3 is 2.75 bits per heavy atom. The minimum Gasteiger partial charge on any atom is -0.486 e. The van der Waals surface area contributed by atoms with Crippen LogP contribution in [-0.4, -0.2) is 23.7 Å². The molecule has 124 valence electrons. The van der Waals surface area contributed by atoms with E-state index in [-0.39, 0.29) is 30.9 Å². The van der Waals surface area contributed by atoms with Crippen LogP contribution in [0, 0.1) is 0 Å². The Labute approximate surface area is 139 Å². The van der Waals surface area contributed by atoms with Crippen molar-refractivity contribution in [2.45, 2.75) is 19.6 Å². The van der Waals surface area contributed by atoms with Crippen LogP contribution in [-0.2, 0) is 6.61 Å². The first-order valence-corrected chi connectivity index (χ1v) is 7.78. The zero-order valence-corrected chi connectivity index (χ0v) is 13.4. The highest BCUT2D eigenvalue weighted by molar-refractivity contribution is 5.91. The lowest BCUT2D eigenvalue weighted by Crippen LogP contribution is -2.34. The Morgan fingerprint density at radius 2 is 1.96 bits per heavy atom. The molecule has 0 saturated heterocycles. The fourth-order valence-corrected chi connectivity index (χ4v) is 2.33. The normalized spacial score (nSPS) is 12.1. The number of carbonyl (C=O) groups is 1. The SMILES string of the molecule is CC(CO)NC(=O)c1ccc(COc2ccc3ccccc3c2)o1. The summed E-state index contributed by atoms with van der Waals surface area (Å²) in [6.45, 7) is 1.83. The summed E-state index contributed by atoms with van der Waals surface area (Å²) in [6.07, 6.45) is 0. The Balaban J connectivity index is 1.63. The van der Waals surface area contributed by atoms with Crippen molar-refractivity contribution < 1.29 is 19.1 Å². The van der Waals surface area contributed by atoms with Gasteiger partial charge in [0.25, 0.3) is 5.91 Å². The molecule has 0 aliphatic heterocycles.